The monoisotopic (exact) mass is 525 g/mol. The number of halogens is 1. The first-order chi connectivity index (χ1) is 17.7. The number of ether oxygens (including phenoxy) is 1. The van der Waals surface area contributed by atoms with Crippen molar-refractivity contribution in [2.45, 2.75) is 56.9 Å². The minimum absolute atomic E-state index is 0.0805. The molecule has 7 atom stereocenters. The van der Waals surface area contributed by atoms with Gasteiger partial charge in [0.1, 0.15) is 11.6 Å². The number of aliphatic hydroxyl groups is 1. The van der Waals surface area contributed by atoms with Gasteiger partial charge in [-0.15, -0.1) is 0 Å². The highest BCUT2D eigenvalue weighted by molar-refractivity contribution is 6.30. The number of hydrogen-bond acceptors (Lipinski definition) is 5. The molecule has 3 N–H and O–H groups in total. The quantitative estimate of drug-likeness (QED) is 0.511. The van der Waals surface area contributed by atoms with Gasteiger partial charge >= 0.3 is 0 Å². The van der Waals surface area contributed by atoms with Crippen molar-refractivity contribution in [3.63, 3.8) is 0 Å². The largest absolute Gasteiger partial charge is 0.394 e. The van der Waals surface area contributed by atoms with Gasteiger partial charge in [0.2, 0.25) is 17.7 Å². The van der Waals surface area contributed by atoms with Crippen molar-refractivity contribution >= 4 is 40.7 Å². The number of para-hydroxylation sites is 1. The molecule has 8 nitrogen and oxygen atoms in total. The van der Waals surface area contributed by atoms with E-state index < -0.39 is 41.0 Å². The van der Waals surface area contributed by atoms with Crippen molar-refractivity contribution in [1.82, 2.24) is 4.90 Å². The highest BCUT2D eigenvalue weighted by Gasteiger charge is 2.80. The number of likely N-dealkylation sites (tertiary alicyclic amines) is 1. The van der Waals surface area contributed by atoms with Crippen LogP contribution in [0.25, 0.3) is 0 Å². The Labute approximate surface area is 221 Å². The molecule has 3 fully saturated rings. The molecule has 3 unspecified atom stereocenters. The summed E-state index contributed by atoms with van der Waals surface area (Å²) in [6, 6.07) is 14.2. The van der Waals surface area contributed by atoms with Gasteiger partial charge in [-0.25, -0.2) is 0 Å². The fourth-order valence-corrected chi connectivity index (χ4v) is 6.79. The first-order valence-electron chi connectivity index (χ1n) is 12.7. The molecular formula is C28H32ClN3O5. The Morgan fingerprint density at radius 3 is 2.35 bits per heavy atom. The molecule has 0 aromatic heterocycles. The van der Waals surface area contributed by atoms with E-state index in [-0.39, 0.29) is 24.3 Å². The Morgan fingerprint density at radius 1 is 1.11 bits per heavy atom. The van der Waals surface area contributed by atoms with Crippen LogP contribution >= 0.6 is 11.6 Å². The first kappa shape index (κ1) is 25.7. The van der Waals surface area contributed by atoms with Crippen LogP contribution in [0.1, 0.15) is 33.6 Å². The van der Waals surface area contributed by atoms with Gasteiger partial charge in [-0.2, -0.15) is 0 Å². The molecule has 196 valence electrons. The van der Waals surface area contributed by atoms with Gasteiger partial charge in [-0.05, 0) is 62.1 Å². The molecule has 2 aromatic carbocycles. The second kappa shape index (κ2) is 9.42. The van der Waals surface area contributed by atoms with Crippen LogP contribution < -0.4 is 10.6 Å². The molecular weight excluding hydrogens is 494 g/mol. The van der Waals surface area contributed by atoms with Crippen molar-refractivity contribution in [3.05, 3.63) is 59.6 Å². The number of nitrogens with zero attached hydrogens (tertiary/aromatic N) is 1. The Morgan fingerprint density at radius 2 is 1.73 bits per heavy atom. The third-order valence-corrected chi connectivity index (χ3v) is 8.76. The first-order valence-corrected chi connectivity index (χ1v) is 13.1. The SMILES string of the molecule is CC[C@@H](CO)N1C(=O)[C@@H]2[C@H](C(=O)Nc3ccccc3)[C@@]3(C)OC2(CC3C)C1C(=O)Nc1ccc(Cl)cc1. The number of carbonyl (C=O) groups is 3. The zero-order valence-corrected chi connectivity index (χ0v) is 21.9. The highest BCUT2D eigenvalue weighted by atomic mass is 35.5. The number of nitrogens with one attached hydrogen (secondary N) is 2. The maximum atomic E-state index is 14.1. The molecule has 3 amide bonds. The average Bonchev–Trinajstić information content (AvgIpc) is 3.39. The molecule has 0 saturated carbocycles. The molecule has 3 aliphatic rings. The summed E-state index contributed by atoms with van der Waals surface area (Å²) in [7, 11) is 0. The maximum Gasteiger partial charge on any atom is 0.250 e. The molecule has 3 heterocycles. The van der Waals surface area contributed by atoms with Crippen molar-refractivity contribution < 1.29 is 24.2 Å². The Balaban J connectivity index is 1.56. The maximum absolute atomic E-state index is 14.1. The van der Waals surface area contributed by atoms with Crippen LogP contribution in [0.2, 0.25) is 5.02 Å². The lowest BCUT2D eigenvalue weighted by Gasteiger charge is -2.36. The standard InChI is InChI=1S/C28H32ClN3O5/c1-4-20(15-33)32-23(25(35)31-19-12-10-17(29)11-13-19)28-14-16(2)27(3,37-28)21(22(28)26(32)36)24(34)30-18-8-6-5-7-9-18/h5-13,16,20-23,33H,4,14-15H2,1-3H3,(H,30,34)(H,31,35)/t16?,20-,21+,22-,23?,27-,28?/m0/s1. The summed E-state index contributed by atoms with van der Waals surface area (Å²) < 4.78 is 6.70. The van der Waals surface area contributed by atoms with Crippen LogP contribution in [-0.4, -0.2) is 57.6 Å². The van der Waals surface area contributed by atoms with Crippen LogP contribution in [0.15, 0.2) is 54.6 Å². The van der Waals surface area contributed by atoms with Gasteiger partial charge < -0.3 is 25.4 Å². The van der Waals surface area contributed by atoms with Gasteiger partial charge in [0.25, 0.3) is 0 Å². The molecule has 2 aromatic rings. The topological polar surface area (TPSA) is 108 Å². The van der Waals surface area contributed by atoms with E-state index in [1.807, 2.05) is 39.0 Å². The van der Waals surface area contributed by atoms with E-state index in [1.165, 1.54) is 4.90 Å². The fraction of sp³-hybridized carbons (Fsp3) is 0.464. The Hall–Kier alpha value is -2.94. The lowest BCUT2D eigenvalue weighted by atomic mass is 9.62. The summed E-state index contributed by atoms with van der Waals surface area (Å²) in [4.78, 5) is 43.2. The number of aliphatic hydroxyl groups excluding tert-OH is 1. The summed E-state index contributed by atoms with van der Waals surface area (Å²) in [5.41, 5.74) is -0.959. The second-order valence-corrected chi connectivity index (χ2v) is 11.0. The predicted octanol–water partition coefficient (Wildman–Crippen LogP) is 3.70. The van der Waals surface area contributed by atoms with E-state index in [4.69, 9.17) is 16.3 Å². The zero-order valence-electron chi connectivity index (χ0n) is 21.1. The van der Waals surface area contributed by atoms with Crippen molar-refractivity contribution in [3.8, 4) is 0 Å². The Bertz CT molecular complexity index is 1200. The molecule has 0 aliphatic carbocycles. The zero-order chi connectivity index (χ0) is 26.5. The molecule has 3 aliphatic heterocycles. The smallest absolute Gasteiger partial charge is 0.250 e. The summed E-state index contributed by atoms with van der Waals surface area (Å²) in [5.74, 6) is -2.78. The molecule has 37 heavy (non-hydrogen) atoms. The van der Waals surface area contributed by atoms with Gasteiger partial charge in [-0.3, -0.25) is 14.4 Å². The van der Waals surface area contributed by atoms with E-state index in [0.29, 0.717) is 29.2 Å². The van der Waals surface area contributed by atoms with Gasteiger partial charge in [0.05, 0.1) is 30.1 Å². The minimum Gasteiger partial charge on any atom is -0.394 e. The van der Waals surface area contributed by atoms with Crippen molar-refractivity contribution in [2.24, 2.45) is 17.8 Å². The lowest BCUT2D eigenvalue weighted by Crippen LogP contribution is -2.56. The number of anilines is 2. The number of rotatable bonds is 7. The minimum atomic E-state index is -1.19. The number of benzene rings is 2. The summed E-state index contributed by atoms with van der Waals surface area (Å²) >= 11 is 6.00. The number of amides is 3. The second-order valence-electron chi connectivity index (χ2n) is 10.5. The van der Waals surface area contributed by atoms with Crippen LogP contribution in [0.4, 0.5) is 11.4 Å². The van der Waals surface area contributed by atoms with E-state index in [9.17, 15) is 19.5 Å². The summed E-state index contributed by atoms with van der Waals surface area (Å²) in [6.07, 6.45) is 0.898. The normalized spacial score (nSPS) is 32.8. The average molecular weight is 526 g/mol. The number of fused-ring (bicyclic) bond motifs is 1. The molecule has 0 radical (unpaired) electrons. The molecule has 9 heteroatoms. The van der Waals surface area contributed by atoms with E-state index in [1.54, 1.807) is 36.4 Å². The molecule has 2 bridgehead atoms. The van der Waals surface area contributed by atoms with Gasteiger partial charge in [0.15, 0.2) is 0 Å². The molecule has 5 rings (SSSR count). The van der Waals surface area contributed by atoms with Crippen LogP contribution in [0.5, 0.6) is 0 Å². The van der Waals surface area contributed by atoms with Gasteiger partial charge in [-0.1, -0.05) is 43.6 Å². The van der Waals surface area contributed by atoms with Crippen molar-refractivity contribution in [1.29, 1.82) is 0 Å². The lowest BCUT2D eigenvalue weighted by molar-refractivity contribution is -0.148. The third kappa shape index (κ3) is 3.93. The Kier molecular flexibility index (Phi) is 6.54. The van der Waals surface area contributed by atoms with E-state index >= 15 is 0 Å². The number of hydrogen-bond donors (Lipinski definition) is 3. The fourth-order valence-electron chi connectivity index (χ4n) is 6.67. The summed E-state index contributed by atoms with van der Waals surface area (Å²) in [6.45, 7) is 5.42. The predicted molar refractivity (Wildman–Crippen MR) is 140 cm³/mol. The van der Waals surface area contributed by atoms with Crippen molar-refractivity contribution in [2.75, 3.05) is 17.2 Å². The molecule has 1 spiro atoms. The van der Waals surface area contributed by atoms with E-state index in [0.717, 1.165) is 0 Å². The highest BCUT2D eigenvalue weighted by Crippen LogP contribution is 2.65. The van der Waals surface area contributed by atoms with Crippen LogP contribution in [-0.2, 0) is 19.1 Å². The van der Waals surface area contributed by atoms with E-state index in [2.05, 4.69) is 10.6 Å². The number of carbonyl (C=O) groups excluding carboxylic acids is 3. The van der Waals surface area contributed by atoms with Crippen LogP contribution in [0.3, 0.4) is 0 Å². The summed E-state index contributed by atoms with van der Waals surface area (Å²) in [5, 5.41) is 16.6. The van der Waals surface area contributed by atoms with Crippen LogP contribution in [0, 0.1) is 17.8 Å². The van der Waals surface area contributed by atoms with Gasteiger partial charge in [0, 0.05) is 16.4 Å². The third-order valence-electron chi connectivity index (χ3n) is 8.51. The molecule has 3 saturated heterocycles.